The van der Waals surface area contributed by atoms with Crippen molar-refractivity contribution in [1.29, 1.82) is 0 Å². The van der Waals surface area contributed by atoms with Crippen LogP contribution in [0.25, 0.3) is 0 Å². The van der Waals surface area contributed by atoms with Crippen molar-refractivity contribution in [2.45, 2.75) is 23.3 Å². The Morgan fingerprint density at radius 1 is 1.25 bits per heavy atom. The Balaban J connectivity index is 2.18. The highest BCUT2D eigenvalue weighted by atomic mass is 32.2. The lowest BCUT2D eigenvalue weighted by Gasteiger charge is -2.10. The molecule has 1 aromatic carbocycles. The van der Waals surface area contributed by atoms with E-state index in [1.54, 1.807) is 18.2 Å². The van der Waals surface area contributed by atoms with Crippen LogP contribution in [-0.2, 0) is 14.8 Å². The van der Waals surface area contributed by atoms with E-state index in [1.807, 2.05) is 4.72 Å². The van der Waals surface area contributed by atoms with Gasteiger partial charge in [-0.2, -0.15) is 0 Å². The van der Waals surface area contributed by atoms with Crippen LogP contribution >= 0.6 is 0 Å². The fourth-order valence-electron chi connectivity index (χ4n) is 1.24. The second kappa shape index (κ2) is 3.57. The quantitative estimate of drug-likeness (QED) is 0.777. The first-order valence-corrected chi connectivity index (χ1v) is 6.34. The summed E-state index contributed by atoms with van der Waals surface area (Å²) in [5.41, 5.74) is 4.61. The average Bonchev–Trinajstić information content (AvgIpc) is 2.99. The number of nitrogens with two attached hydrogens (primary N) is 1. The van der Waals surface area contributed by atoms with Crippen LogP contribution in [0.4, 0.5) is 0 Å². The third kappa shape index (κ3) is 2.07. The lowest BCUT2D eigenvalue weighted by molar-refractivity contribution is -0.121. The fraction of sp³-hybridized carbons (Fsp3) is 0.300. The van der Waals surface area contributed by atoms with Crippen molar-refractivity contribution in [3.63, 3.8) is 0 Å². The first-order valence-electron chi connectivity index (χ1n) is 4.85. The van der Waals surface area contributed by atoms with E-state index in [2.05, 4.69) is 0 Å². The van der Waals surface area contributed by atoms with Gasteiger partial charge >= 0.3 is 0 Å². The summed E-state index contributed by atoms with van der Waals surface area (Å²) >= 11 is 0. The smallest absolute Gasteiger partial charge is 0.264 e. The fourth-order valence-corrected chi connectivity index (χ4v) is 2.32. The second-order valence-electron chi connectivity index (χ2n) is 3.90. The lowest BCUT2D eigenvalue weighted by atomic mass is 10.3. The van der Waals surface area contributed by atoms with Crippen molar-refractivity contribution in [2.24, 2.45) is 5.73 Å². The molecule has 1 saturated carbocycles. The van der Waals surface area contributed by atoms with Crippen LogP contribution in [-0.4, -0.2) is 19.9 Å². The predicted octanol–water partition coefficient (Wildman–Crippen LogP) is -0.0172. The van der Waals surface area contributed by atoms with Gasteiger partial charge in [-0.15, -0.1) is 0 Å². The molecule has 0 spiro atoms. The summed E-state index contributed by atoms with van der Waals surface area (Å²) in [5.74, 6) is -0.628. The van der Waals surface area contributed by atoms with Gasteiger partial charge in [0.1, 0.15) is 0 Å². The van der Waals surface area contributed by atoms with Gasteiger partial charge in [-0.05, 0) is 25.0 Å². The molecule has 0 radical (unpaired) electrons. The lowest BCUT2D eigenvalue weighted by Crippen LogP contribution is -2.45. The Kier molecular flexibility index (Phi) is 2.47. The minimum Gasteiger partial charge on any atom is -0.317 e. The summed E-state index contributed by atoms with van der Waals surface area (Å²) in [6.45, 7) is 0. The predicted molar refractivity (Wildman–Crippen MR) is 57.9 cm³/mol. The maximum absolute atomic E-state index is 11.7. The molecule has 0 atom stereocenters. The first-order chi connectivity index (χ1) is 7.44. The number of hydrogen-bond acceptors (Lipinski definition) is 4. The number of amides is 1. The molecule has 1 fully saturated rings. The van der Waals surface area contributed by atoms with Crippen LogP contribution < -0.4 is 10.5 Å². The van der Waals surface area contributed by atoms with Gasteiger partial charge < -0.3 is 5.73 Å². The van der Waals surface area contributed by atoms with Gasteiger partial charge in [-0.25, -0.2) is 13.1 Å². The van der Waals surface area contributed by atoms with Gasteiger partial charge in [-0.1, -0.05) is 18.2 Å². The Morgan fingerprint density at radius 2 is 1.81 bits per heavy atom. The van der Waals surface area contributed by atoms with Crippen molar-refractivity contribution >= 4 is 15.9 Å². The molecule has 1 aliphatic rings. The standard InChI is InChI=1S/C10H12N2O3S/c11-10(6-7-10)9(13)12-16(14,15)8-4-2-1-3-5-8/h1-5H,6-7,11H2,(H,12,13). The third-order valence-corrected chi connectivity index (χ3v) is 3.87. The van der Waals surface area contributed by atoms with Crippen LogP contribution in [0.5, 0.6) is 0 Å². The Morgan fingerprint density at radius 3 is 2.31 bits per heavy atom. The number of carbonyl (C=O) groups excluding carboxylic acids is 1. The molecule has 1 aromatic rings. The zero-order valence-corrected chi connectivity index (χ0v) is 9.33. The largest absolute Gasteiger partial charge is 0.317 e. The van der Waals surface area contributed by atoms with Crippen LogP contribution in [0, 0.1) is 0 Å². The number of rotatable bonds is 3. The van der Waals surface area contributed by atoms with Crippen molar-refractivity contribution in [3.8, 4) is 0 Å². The highest BCUT2D eigenvalue weighted by Crippen LogP contribution is 2.32. The zero-order chi connectivity index (χ0) is 11.8. The Labute approximate surface area is 93.7 Å². The minimum atomic E-state index is -3.78. The summed E-state index contributed by atoms with van der Waals surface area (Å²) in [6, 6.07) is 7.73. The van der Waals surface area contributed by atoms with Gasteiger partial charge in [0.2, 0.25) is 0 Å². The van der Waals surface area contributed by atoms with E-state index in [4.69, 9.17) is 5.73 Å². The molecular weight excluding hydrogens is 228 g/mol. The summed E-state index contributed by atoms with van der Waals surface area (Å²) in [6.07, 6.45) is 1.06. The summed E-state index contributed by atoms with van der Waals surface area (Å²) in [4.78, 5) is 11.6. The summed E-state index contributed by atoms with van der Waals surface area (Å²) < 4.78 is 25.4. The first kappa shape index (κ1) is 11.1. The van der Waals surface area contributed by atoms with Gasteiger partial charge in [0, 0.05) is 0 Å². The van der Waals surface area contributed by atoms with E-state index >= 15 is 0 Å². The Hall–Kier alpha value is -1.40. The maximum Gasteiger partial charge on any atom is 0.264 e. The van der Waals surface area contributed by atoms with Crippen molar-refractivity contribution in [1.82, 2.24) is 4.72 Å². The van der Waals surface area contributed by atoms with Crippen LogP contribution in [0.2, 0.25) is 0 Å². The summed E-state index contributed by atoms with van der Waals surface area (Å²) in [7, 11) is -3.78. The molecule has 0 aliphatic heterocycles. The number of benzene rings is 1. The number of hydrogen-bond donors (Lipinski definition) is 2. The molecule has 5 nitrogen and oxygen atoms in total. The molecule has 6 heteroatoms. The van der Waals surface area contributed by atoms with E-state index in [9.17, 15) is 13.2 Å². The van der Waals surface area contributed by atoms with Crippen molar-refractivity contribution in [2.75, 3.05) is 0 Å². The highest BCUT2D eigenvalue weighted by molar-refractivity contribution is 7.90. The van der Waals surface area contributed by atoms with Crippen LogP contribution in [0.3, 0.4) is 0 Å². The molecule has 86 valence electrons. The van der Waals surface area contributed by atoms with E-state index in [0.29, 0.717) is 12.8 Å². The highest BCUT2D eigenvalue weighted by Gasteiger charge is 2.47. The third-order valence-electron chi connectivity index (χ3n) is 2.52. The average molecular weight is 240 g/mol. The number of carbonyl (C=O) groups is 1. The molecule has 0 bridgehead atoms. The van der Waals surface area contributed by atoms with E-state index in [-0.39, 0.29) is 4.90 Å². The van der Waals surface area contributed by atoms with E-state index < -0.39 is 21.5 Å². The molecule has 0 aromatic heterocycles. The molecule has 16 heavy (non-hydrogen) atoms. The molecule has 2 rings (SSSR count). The molecule has 1 aliphatic carbocycles. The molecule has 1 amide bonds. The number of nitrogens with one attached hydrogen (secondary N) is 1. The zero-order valence-electron chi connectivity index (χ0n) is 8.51. The van der Waals surface area contributed by atoms with Crippen molar-refractivity contribution < 1.29 is 13.2 Å². The second-order valence-corrected chi connectivity index (χ2v) is 5.59. The van der Waals surface area contributed by atoms with Gasteiger partial charge in [0.25, 0.3) is 15.9 Å². The maximum atomic E-state index is 11.7. The topological polar surface area (TPSA) is 89.3 Å². The van der Waals surface area contributed by atoms with Gasteiger partial charge in [0.15, 0.2) is 0 Å². The van der Waals surface area contributed by atoms with Crippen LogP contribution in [0.15, 0.2) is 35.2 Å². The monoisotopic (exact) mass is 240 g/mol. The molecular formula is C10H12N2O3S. The molecule has 3 N–H and O–H groups in total. The Bertz CT molecular complexity index is 506. The molecule has 0 unspecified atom stereocenters. The molecule has 0 saturated heterocycles. The van der Waals surface area contributed by atoms with Crippen LogP contribution in [0.1, 0.15) is 12.8 Å². The number of sulfonamides is 1. The SMILES string of the molecule is NC1(C(=O)NS(=O)(=O)c2ccccc2)CC1. The van der Waals surface area contributed by atoms with E-state index in [0.717, 1.165) is 0 Å². The minimum absolute atomic E-state index is 0.0626. The van der Waals surface area contributed by atoms with Crippen molar-refractivity contribution in [3.05, 3.63) is 30.3 Å². The van der Waals surface area contributed by atoms with Gasteiger partial charge in [0.05, 0.1) is 10.4 Å². The van der Waals surface area contributed by atoms with Gasteiger partial charge in [-0.3, -0.25) is 4.79 Å². The molecule has 0 heterocycles. The van der Waals surface area contributed by atoms with E-state index in [1.165, 1.54) is 12.1 Å². The normalized spacial score (nSPS) is 17.8. The summed E-state index contributed by atoms with van der Waals surface area (Å²) in [5, 5.41) is 0.